The topological polar surface area (TPSA) is 84.9 Å². The lowest BCUT2D eigenvalue weighted by atomic mass is 9.99. The predicted octanol–water partition coefficient (Wildman–Crippen LogP) is 0.867. The van der Waals surface area contributed by atoms with Crippen LogP contribution in [0, 0.1) is 0 Å². The molecule has 0 aromatic rings. The molecule has 0 saturated carbocycles. The normalized spacial score (nSPS) is 25.8. The molecule has 1 fully saturated rings. The third kappa shape index (κ3) is 8.65. The van der Waals surface area contributed by atoms with E-state index in [-0.39, 0.29) is 12.1 Å². The zero-order chi connectivity index (χ0) is 20.7. The second-order valence-electron chi connectivity index (χ2n) is 6.26. The minimum Gasteiger partial charge on any atom is -0.377 e. The van der Waals surface area contributed by atoms with Crippen molar-refractivity contribution in [3.05, 3.63) is 36.3 Å². The van der Waals surface area contributed by atoms with Crippen molar-refractivity contribution in [1.29, 1.82) is 0 Å². The number of carbonyl (C=O) groups excluding carboxylic acids is 1. The Morgan fingerprint density at radius 1 is 1.03 bits per heavy atom. The van der Waals surface area contributed by atoms with Crippen LogP contribution in [-0.2, 0) is 38.3 Å². The molecule has 0 bridgehead atoms. The highest BCUT2D eigenvalue weighted by Crippen LogP contribution is 2.22. The maximum absolute atomic E-state index is 11.2. The van der Waals surface area contributed by atoms with Gasteiger partial charge in [0, 0.05) is 12.1 Å². The van der Waals surface area contributed by atoms with Gasteiger partial charge < -0.3 is 33.5 Å². The molecule has 1 aliphatic carbocycles. The van der Waals surface area contributed by atoms with Crippen LogP contribution in [0.25, 0.3) is 0 Å². The van der Waals surface area contributed by atoms with E-state index in [2.05, 4.69) is 6.58 Å². The Balaban J connectivity index is 2.06. The van der Waals surface area contributed by atoms with Crippen LogP contribution in [0.5, 0.6) is 0 Å². The average Bonchev–Trinajstić information content (AvgIpc) is 2.73. The zero-order valence-corrected chi connectivity index (χ0v) is 17.0. The third-order valence-corrected chi connectivity index (χ3v) is 4.31. The van der Waals surface area contributed by atoms with Gasteiger partial charge in [-0.2, -0.15) is 4.89 Å². The molecule has 0 spiro atoms. The fourth-order valence-electron chi connectivity index (χ4n) is 2.92. The molecule has 2 aliphatic rings. The van der Waals surface area contributed by atoms with Gasteiger partial charge in [-0.05, 0) is 12.7 Å². The Kier molecular flexibility index (Phi) is 11.6. The van der Waals surface area contributed by atoms with Crippen molar-refractivity contribution >= 4 is 6.29 Å². The van der Waals surface area contributed by atoms with Gasteiger partial charge in [-0.1, -0.05) is 12.2 Å². The molecular weight excluding hydrogens is 382 g/mol. The first-order valence-corrected chi connectivity index (χ1v) is 9.70. The van der Waals surface area contributed by atoms with Gasteiger partial charge in [-0.3, -0.25) is 4.79 Å². The Bertz CT molecular complexity index is 551. The van der Waals surface area contributed by atoms with E-state index in [0.29, 0.717) is 77.5 Å². The first kappa shape index (κ1) is 23.5. The smallest absolute Gasteiger partial charge is 0.226 e. The Morgan fingerprint density at radius 2 is 1.62 bits per heavy atom. The van der Waals surface area contributed by atoms with Crippen molar-refractivity contribution in [1.82, 2.24) is 4.90 Å². The number of allylic oxidation sites excluding steroid dienone is 2. The molecule has 2 unspecified atom stereocenters. The second kappa shape index (κ2) is 14.3. The summed E-state index contributed by atoms with van der Waals surface area (Å²) in [6.07, 6.45) is 5.82. The number of ether oxygens (including phenoxy) is 5. The Morgan fingerprint density at radius 3 is 2.21 bits per heavy atom. The van der Waals surface area contributed by atoms with Crippen LogP contribution in [0.3, 0.4) is 0 Å². The first-order chi connectivity index (χ1) is 14.3. The molecule has 29 heavy (non-hydrogen) atoms. The van der Waals surface area contributed by atoms with Gasteiger partial charge in [0.2, 0.25) is 5.88 Å². The predicted molar refractivity (Wildman–Crippen MR) is 104 cm³/mol. The van der Waals surface area contributed by atoms with Gasteiger partial charge in [0.05, 0.1) is 72.6 Å². The largest absolute Gasteiger partial charge is 0.377 e. The molecule has 2 rings (SSSR count). The summed E-state index contributed by atoms with van der Waals surface area (Å²) in [5, 5.41) is 0. The van der Waals surface area contributed by atoms with E-state index in [9.17, 15) is 4.79 Å². The van der Waals surface area contributed by atoms with Crippen LogP contribution < -0.4 is 0 Å². The number of carbonyl (C=O) groups is 1. The van der Waals surface area contributed by atoms with Gasteiger partial charge in [-0.15, -0.1) is 0 Å². The summed E-state index contributed by atoms with van der Waals surface area (Å²) in [7, 11) is 1.41. The lowest BCUT2D eigenvalue weighted by Gasteiger charge is -2.36. The SMILES string of the molecule is C=C(OOC)N1CCOCCOCCOCCOCCOC2C=C(C=O)C=CC21. The highest BCUT2D eigenvalue weighted by atomic mass is 17.2. The van der Waals surface area contributed by atoms with Crippen molar-refractivity contribution < 1.29 is 38.3 Å². The lowest BCUT2D eigenvalue weighted by molar-refractivity contribution is -0.258. The van der Waals surface area contributed by atoms with Crippen LogP contribution in [0.1, 0.15) is 0 Å². The van der Waals surface area contributed by atoms with Crippen molar-refractivity contribution in [3.8, 4) is 0 Å². The summed E-state index contributed by atoms with van der Waals surface area (Å²) < 4.78 is 28.1. The highest BCUT2D eigenvalue weighted by Gasteiger charge is 2.29. The van der Waals surface area contributed by atoms with E-state index in [1.165, 1.54) is 7.11 Å². The molecule has 0 N–H and O–H groups in total. The van der Waals surface area contributed by atoms with Crippen LogP contribution in [0.4, 0.5) is 0 Å². The van der Waals surface area contributed by atoms with E-state index in [1.54, 1.807) is 12.2 Å². The summed E-state index contributed by atoms with van der Waals surface area (Å²) in [6.45, 7) is 8.55. The van der Waals surface area contributed by atoms with Crippen molar-refractivity contribution in [2.75, 3.05) is 73.1 Å². The van der Waals surface area contributed by atoms with Crippen molar-refractivity contribution in [2.24, 2.45) is 0 Å². The van der Waals surface area contributed by atoms with Gasteiger partial charge in [0.15, 0.2) is 0 Å². The van der Waals surface area contributed by atoms with Crippen molar-refractivity contribution in [2.45, 2.75) is 12.1 Å². The molecule has 0 aromatic heterocycles. The fraction of sp³-hybridized carbons (Fsp3) is 0.650. The number of nitrogens with zero attached hydrogens (tertiary/aromatic N) is 1. The minimum atomic E-state index is -0.389. The number of hydrogen-bond acceptors (Lipinski definition) is 9. The molecule has 2 atom stereocenters. The van der Waals surface area contributed by atoms with Gasteiger partial charge >= 0.3 is 0 Å². The standard InChI is InChI=1S/C20H31NO8/c1-17(29-23-2)21-5-6-24-7-8-25-9-10-26-11-12-27-13-14-28-20-15-18(16-22)3-4-19(20)21/h3-4,15-16,19-20H,1,5-14H2,2H3. The average molecular weight is 413 g/mol. The van der Waals surface area contributed by atoms with Crippen LogP contribution in [0.15, 0.2) is 36.3 Å². The monoisotopic (exact) mass is 413 g/mol. The number of rotatable bonds is 4. The fourth-order valence-corrected chi connectivity index (χ4v) is 2.92. The Labute approximate surface area is 171 Å². The van der Waals surface area contributed by atoms with Crippen LogP contribution in [0.2, 0.25) is 0 Å². The molecule has 164 valence electrons. The number of aldehydes is 1. The van der Waals surface area contributed by atoms with Gasteiger partial charge in [0.1, 0.15) is 12.4 Å². The highest BCUT2D eigenvalue weighted by molar-refractivity contribution is 5.78. The van der Waals surface area contributed by atoms with Crippen LogP contribution in [-0.4, -0.2) is 96.4 Å². The molecule has 1 saturated heterocycles. The minimum absolute atomic E-state index is 0.247. The maximum Gasteiger partial charge on any atom is 0.226 e. The summed E-state index contributed by atoms with van der Waals surface area (Å²) in [6, 6.07) is -0.247. The van der Waals surface area contributed by atoms with Crippen molar-refractivity contribution in [3.63, 3.8) is 0 Å². The van der Waals surface area contributed by atoms with E-state index >= 15 is 0 Å². The molecule has 1 heterocycles. The summed E-state index contributed by atoms with van der Waals surface area (Å²) in [5.74, 6) is 0.321. The van der Waals surface area contributed by atoms with Crippen LogP contribution >= 0.6 is 0 Å². The quantitative estimate of drug-likeness (QED) is 0.288. The molecular formula is C20H31NO8. The molecule has 0 radical (unpaired) electrons. The van der Waals surface area contributed by atoms with E-state index in [1.807, 2.05) is 11.0 Å². The summed E-state index contributed by atoms with van der Waals surface area (Å²) >= 11 is 0. The molecule has 0 amide bonds. The number of fused-ring (bicyclic) bond motifs is 1. The maximum atomic E-state index is 11.2. The van der Waals surface area contributed by atoms with E-state index in [0.717, 1.165) is 6.29 Å². The summed E-state index contributed by atoms with van der Waals surface area (Å²) in [5.41, 5.74) is 0.550. The summed E-state index contributed by atoms with van der Waals surface area (Å²) in [4.78, 5) is 23.0. The number of hydrogen-bond donors (Lipinski definition) is 0. The van der Waals surface area contributed by atoms with Gasteiger partial charge in [-0.25, -0.2) is 0 Å². The zero-order valence-electron chi connectivity index (χ0n) is 17.0. The van der Waals surface area contributed by atoms with Gasteiger partial charge in [0.25, 0.3) is 0 Å². The molecule has 1 aliphatic heterocycles. The molecule has 9 nitrogen and oxygen atoms in total. The first-order valence-electron chi connectivity index (χ1n) is 9.70. The van der Waals surface area contributed by atoms with E-state index < -0.39 is 0 Å². The molecule has 9 heteroatoms. The Hall–Kier alpha value is -1.75. The lowest BCUT2D eigenvalue weighted by Crippen LogP contribution is -2.45. The third-order valence-electron chi connectivity index (χ3n) is 4.31. The molecule has 0 aromatic carbocycles. The second-order valence-corrected chi connectivity index (χ2v) is 6.26. The van der Waals surface area contributed by atoms with E-state index in [4.69, 9.17) is 33.5 Å².